The second kappa shape index (κ2) is 6.83. The van der Waals surface area contributed by atoms with Crippen LogP contribution >= 0.6 is 0 Å². The molecule has 2 aliphatic rings. The van der Waals surface area contributed by atoms with Crippen molar-refractivity contribution in [2.24, 2.45) is 5.41 Å². The number of carbonyl (C=O) groups is 1. The van der Waals surface area contributed by atoms with E-state index in [4.69, 9.17) is 0 Å². The van der Waals surface area contributed by atoms with Gasteiger partial charge in [0.1, 0.15) is 5.82 Å². The Kier molecular flexibility index (Phi) is 4.95. The molecule has 3 atom stereocenters. The standard InChI is InChI=1S/C20H29FN2O/c1-20(2,3)19(24)23-13-16(14-8-7-9-15(21)12-14)18-17(23)10-5-4-6-11-22-18/h7-9,12,16-18,22H,4-6,10-11,13H2,1-3H3/t16-,17+,18-/m0/s1. The Balaban J connectivity index is 1.93. The van der Waals surface area contributed by atoms with E-state index < -0.39 is 0 Å². The van der Waals surface area contributed by atoms with E-state index in [0.29, 0.717) is 6.54 Å². The number of hydrogen-bond acceptors (Lipinski definition) is 2. The zero-order chi connectivity index (χ0) is 17.3. The molecule has 24 heavy (non-hydrogen) atoms. The molecule has 132 valence electrons. The van der Waals surface area contributed by atoms with Gasteiger partial charge in [-0.05, 0) is 37.1 Å². The number of nitrogens with one attached hydrogen (secondary N) is 1. The average Bonchev–Trinajstić information content (AvgIpc) is 2.82. The number of likely N-dealkylation sites (tertiary alicyclic amines) is 1. The molecular formula is C20H29FN2O. The molecule has 0 saturated carbocycles. The highest BCUT2D eigenvalue weighted by molar-refractivity contribution is 5.82. The fourth-order valence-corrected chi connectivity index (χ4v) is 4.17. The summed E-state index contributed by atoms with van der Waals surface area (Å²) in [5.74, 6) is 0.171. The van der Waals surface area contributed by atoms with Crippen molar-refractivity contribution in [2.45, 2.75) is 64.5 Å². The zero-order valence-electron chi connectivity index (χ0n) is 15.0. The molecule has 4 heteroatoms. The van der Waals surface area contributed by atoms with Gasteiger partial charge >= 0.3 is 0 Å². The fraction of sp³-hybridized carbons (Fsp3) is 0.650. The second-order valence-corrected chi connectivity index (χ2v) is 8.27. The highest BCUT2D eigenvalue weighted by Crippen LogP contribution is 2.37. The van der Waals surface area contributed by atoms with Crippen molar-refractivity contribution >= 4 is 5.91 Å². The number of benzene rings is 1. The first-order valence-electron chi connectivity index (χ1n) is 9.18. The van der Waals surface area contributed by atoms with E-state index in [0.717, 1.165) is 24.9 Å². The van der Waals surface area contributed by atoms with Gasteiger partial charge in [-0.25, -0.2) is 4.39 Å². The van der Waals surface area contributed by atoms with Crippen LogP contribution in [0.25, 0.3) is 0 Å². The van der Waals surface area contributed by atoms with E-state index in [1.54, 1.807) is 12.1 Å². The van der Waals surface area contributed by atoms with Gasteiger partial charge in [-0.15, -0.1) is 0 Å². The zero-order valence-corrected chi connectivity index (χ0v) is 15.0. The van der Waals surface area contributed by atoms with Crippen molar-refractivity contribution in [3.05, 3.63) is 35.6 Å². The van der Waals surface area contributed by atoms with Crippen LogP contribution < -0.4 is 5.32 Å². The number of carbonyl (C=O) groups excluding carboxylic acids is 1. The molecule has 2 aliphatic heterocycles. The minimum atomic E-state index is -0.385. The molecule has 2 saturated heterocycles. The Hall–Kier alpha value is -1.42. The summed E-state index contributed by atoms with van der Waals surface area (Å²) >= 11 is 0. The van der Waals surface area contributed by atoms with Crippen molar-refractivity contribution in [2.75, 3.05) is 13.1 Å². The van der Waals surface area contributed by atoms with E-state index in [9.17, 15) is 9.18 Å². The van der Waals surface area contributed by atoms with Crippen molar-refractivity contribution in [1.29, 1.82) is 0 Å². The lowest BCUT2D eigenvalue weighted by Gasteiger charge is -2.34. The predicted octanol–water partition coefficient (Wildman–Crippen LogP) is 3.70. The first-order valence-corrected chi connectivity index (χ1v) is 9.18. The van der Waals surface area contributed by atoms with Crippen LogP contribution in [-0.4, -0.2) is 36.0 Å². The normalized spacial score (nSPS) is 28.2. The highest BCUT2D eigenvalue weighted by Gasteiger charge is 2.46. The third-order valence-electron chi connectivity index (χ3n) is 5.38. The molecule has 1 aromatic rings. The first-order chi connectivity index (χ1) is 11.4. The van der Waals surface area contributed by atoms with Crippen LogP contribution in [0.4, 0.5) is 4.39 Å². The van der Waals surface area contributed by atoms with Gasteiger partial charge in [0, 0.05) is 30.0 Å². The smallest absolute Gasteiger partial charge is 0.228 e. The Labute approximate surface area is 144 Å². The fourth-order valence-electron chi connectivity index (χ4n) is 4.17. The van der Waals surface area contributed by atoms with Gasteiger partial charge in [-0.1, -0.05) is 45.7 Å². The average molecular weight is 332 g/mol. The molecule has 1 N–H and O–H groups in total. The lowest BCUT2D eigenvalue weighted by molar-refractivity contribution is -0.140. The van der Waals surface area contributed by atoms with Crippen molar-refractivity contribution in [3.63, 3.8) is 0 Å². The van der Waals surface area contributed by atoms with Crippen molar-refractivity contribution in [1.82, 2.24) is 10.2 Å². The third kappa shape index (κ3) is 3.49. The first kappa shape index (κ1) is 17.4. The third-order valence-corrected chi connectivity index (χ3v) is 5.38. The Morgan fingerprint density at radius 2 is 2.04 bits per heavy atom. The SMILES string of the molecule is CC(C)(C)C(=O)N1C[C@@H](c2cccc(F)c2)[C@@H]2NCCCCC[C@H]21. The lowest BCUT2D eigenvalue weighted by atomic mass is 9.88. The van der Waals surface area contributed by atoms with Gasteiger partial charge in [0.2, 0.25) is 5.91 Å². The Morgan fingerprint density at radius 3 is 2.75 bits per heavy atom. The molecule has 0 unspecified atom stereocenters. The lowest BCUT2D eigenvalue weighted by Crippen LogP contribution is -2.49. The maximum absolute atomic E-state index is 13.7. The van der Waals surface area contributed by atoms with Crippen LogP contribution in [0.3, 0.4) is 0 Å². The van der Waals surface area contributed by atoms with E-state index in [1.807, 2.05) is 26.8 Å². The van der Waals surface area contributed by atoms with Gasteiger partial charge in [-0.3, -0.25) is 4.79 Å². The maximum Gasteiger partial charge on any atom is 0.228 e. The molecule has 2 fully saturated rings. The van der Waals surface area contributed by atoms with E-state index in [-0.39, 0.29) is 35.1 Å². The summed E-state index contributed by atoms with van der Waals surface area (Å²) in [4.78, 5) is 15.1. The predicted molar refractivity (Wildman–Crippen MR) is 94.4 cm³/mol. The molecule has 2 heterocycles. The van der Waals surface area contributed by atoms with Crippen LogP contribution in [0, 0.1) is 11.2 Å². The number of nitrogens with zero attached hydrogens (tertiary/aromatic N) is 1. The van der Waals surface area contributed by atoms with Crippen molar-refractivity contribution < 1.29 is 9.18 Å². The van der Waals surface area contributed by atoms with Crippen LogP contribution in [0.15, 0.2) is 24.3 Å². The van der Waals surface area contributed by atoms with Gasteiger partial charge in [0.15, 0.2) is 0 Å². The molecule has 1 amide bonds. The molecule has 0 bridgehead atoms. The highest BCUT2D eigenvalue weighted by atomic mass is 19.1. The minimum Gasteiger partial charge on any atom is -0.337 e. The molecule has 3 rings (SSSR count). The summed E-state index contributed by atoms with van der Waals surface area (Å²) in [6.07, 6.45) is 4.57. The summed E-state index contributed by atoms with van der Waals surface area (Å²) in [7, 11) is 0. The summed E-state index contributed by atoms with van der Waals surface area (Å²) in [6.45, 7) is 7.61. The second-order valence-electron chi connectivity index (χ2n) is 8.27. The van der Waals surface area contributed by atoms with Crippen LogP contribution in [-0.2, 0) is 4.79 Å². The summed E-state index contributed by atoms with van der Waals surface area (Å²) in [5, 5.41) is 3.67. The van der Waals surface area contributed by atoms with Crippen LogP contribution in [0.5, 0.6) is 0 Å². The van der Waals surface area contributed by atoms with E-state index in [2.05, 4.69) is 10.2 Å². The van der Waals surface area contributed by atoms with E-state index >= 15 is 0 Å². The maximum atomic E-state index is 13.7. The quantitative estimate of drug-likeness (QED) is 0.850. The minimum absolute atomic E-state index is 0.162. The number of amides is 1. The summed E-state index contributed by atoms with van der Waals surface area (Å²) < 4.78 is 13.7. The molecule has 3 nitrogen and oxygen atoms in total. The Bertz CT molecular complexity index is 596. The number of fused-ring (bicyclic) bond motifs is 1. The van der Waals surface area contributed by atoms with Crippen LogP contribution in [0.2, 0.25) is 0 Å². The van der Waals surface area contributed by atoms with Gasteiger partial charge in [0.05, 0.1) is 0 Å². The van der Waals surface area contributed by atoms with Gasteiger partial charge in [-0.2, -0.15) is 0 Å². The van der Waals surface area contributed by atoms with E-state index in [1.165, 1.54) is 18.9 Å². The van der Waals surface area contributed by atoms with Gasteiger partial charge < -0.3 is 10.2 Å². The molecule has 0 aromatic heterocycles. The number of rotatable bonds is 1. The molecule has 0 radical (unpaired) electrons. The van der Waals surface area contributed by atoms with Gasteiger partial charge in [0.25, 0.3) is 0 Å². The molecule has 1 aromatic carbocycles. The summed E-state index contributed by atoms with van der Waals surface area (Å²) in [6, 6.07) is 7.32. The Morgan fingerprint density at radius 1 is 1.25 bits per heavy atom. The topological polar surface area (TPSA) is 32.3 Å². The monoisotopic (exact) mass is 332 g/mol. The van der Waals surface area contributed by atoms with Crippen LogP contribution in [0.1, 0.15) is 57.9 Å². The summed E-state index contributed by atoms with van der Waals surface area (Å²) in [5.41, 5.74) is 0.617. The largest absolute Gasteiger partial charge is 0.337 e. The molecular weight excluding hydrogens is 303 g/mol. The number of halogens is 1. The molecule has 0 aliphatic carbocycles. The molecule has 0 spiro atoms. The van der Waals surface area contributed by atoms with Crippen molar-refractivity contribution in [3.8, 4) is 0 Å². The number of hydrogen-bond donors (Lipinski definition) is 1.